The average Bonchev–Trinajstić information content (AvgIpc) is 2.76. The number of sulfonamides is 1. The van der Waals surface area contributed by atoms with Crippen LogP contribution in [0.3, 0.4) is 0 Å². The molecule has 0 saturated heterocycles. The van der Waals surface area contributed by atoms with Crippen LogP contribution in [0.15, 0.2) is 71.6 Å². The van der Waals surface area contributed by atoms with Crippen molar-refractivity contribution in [1.29, 1.82) is 0 Å². The summed E-state index contributed by atoms with van der Waals surface area (Å²) >= 11 is 0. The molecule has 0 spiro atoms. The molecule has 0 unspecified atom stereocenters. The molecule has 32 heavy (non-hydrogen) atoms. The molecule has 0 heterocycles. The number of anilines is 3. The number of phenols is 1. The third-order valence-electron chi connectivity index (χ3n) is 5.00. The van der Waals surface area contributed by atoms with Crippen molar-refractivity contribution >= 4 is 27.1 Å². The van der Waals surface area contributed by atoms with E-state index >= 15 is 0 Å². The summed E-state index contributed by atoms with van der Waals surface area (Å²) < 4.78 is 33.4. The van der Waals surface area contributed by atoms with E-state index in [2.05, 4.69) is 17.0 Å². The number of hydrogen-bond donors (Lipinski definition) is 3. The van der Waals surface area contributed by atoms with Crippen molar-refractivity contribution in [1.82, 2.24) is 0 Å². The van der Waals surface area contributed by atoms with Gasteiger partial charge in [0, 0.05) is 17.1 Å². The van der Waals surface area contributed by atoms with Crippen LogP contribution in [0.1, 0.15) is 38.2 Å². The Bertz CT molecular complexity index is 1110. The molecule has 0 aliphatic carbocycles. The monoisotopic (exact) mass is 454 g/mol. The standard InChI is InChI=1S/C25H30N2O4S/c1-3-4-5-6-17-31-25-16-11-22(18-19(25)2)26-20-7-9-21(10-8-20)27-32(29,30)24-14-12-23(28)13-15-24/h7-16,18,26-28H,3-6,17H2,1-2H3. The Morgan fingerprint density at radius 1 is 0.844 bits per heavy atom. The highest BCUT2D eigenvalue weighted by Gasteiger charge is 2.14. The van der Waals surface area contributed by atoms with Crippen molar-refractivity contribution in [3.8, 4) is 11.5 Å². The molecule has 3 aromatic rings. The molecule has 3 N–H and O–H groups in total. The van der Waals surface area contributed by atoms with Crippen LogP contribution < -0.4 is 14.8 Å². The van der Waals surface area contributed by atoms with Crippen LogP contribution in [-0.2, 0) is 10.0 Å². The van der Waals surface area contributed by atoms with Crippen molar-refractivity contribution in [3.63, 3.8) is 0 Å². The first kappa shape index (κ1) is 23.5. The fourth-order valence-corrected chi connectivity index (χ4v) is 4.29. The molecule has 6 nitrogen and oxygen atoms in total. The van der Waals surface area contributed by atoms with Crippen LogP contribution in [0, 0.1) is 6.92 Å². The topological polar surface area (TPSA) is 87.7 Å². The molecule has 0 amide bonds. The predicted molar refractivity (Wildman–Crippen MR) is 129 cm³/mol. The van der Waals surface area contributed by atoms with Crippen LogP contribution in [0.4, 0.5) is 17.1 Å². The average molecular weight is 455 g/mol. The maximum absolute atomic E-state index is 12.5. The molecule has 0 fully saturated rings. The second-order valence-corrected chi connectivity index (χ2v) is 9.37. The maximum atomic E-state index is 12.5. The van der Waals surface area contributed by atoms with Crippen LogP contribution >= 0.6 is 0 Å². The maximum Gasteiger partial charge on any atom is 0.261 e. The largest absolute Gasteiger partial charge is 0.508 e. The lowest BCUT2D eigenvalue weighted by Crippen LogP contribution is -2.12. The van der Waals surface area contributed by atoms with E-state index < -0.39 is 10.0 Å². The number of ether oxygens (including phenoxy) is 1. The number of hydrogen-bond acceptors (Lipinski definition) is 5. The van der Waals surface area contributed by atoms with Crippen molar-refractivity contribution < 1.29 is 18.3 Å². The number of nitrogens with one attached hydrogen (secondary N) is 2. The van der Waals surface area contributed by atoms with E-state index in [1.165, 1.54) is 43.5 Å². The summed E-state index contributed by atoms with van der Waals surface area (Å²) in [5.41, 5.74) is 3.28. The summed E-state index contributed by atoms with van der Waals surface area (Å²) in [6, 6.07) is 18.4. The highest BCUT2D eigenvalue weighted by atomic mass is 32.2. The van der Waals surface area contributed by atoms with Crippen LogP contribution in [0.5, 0.6) is 11.5 Å². The summed E-state index contributed by atoms with van der Waals surface area (Å²) in [7, 11) is -3.72. The van der Waals surface area contributed by atoms with Gasteiger partial charge in [-0.25, -0.2) is 8.42 Å². The fourth-order valence-electron chi connectivity index (χ4n) is 3.23. The minimum absolute atomic E-state index is 0.0150. The molecule has 0 aliphatic rings. The Labute approximate surface area is 190 Å². The van der Waals surface area contributed by atoms with Crippen molar-refractivity contribution in [2.24, 2.45) is 0 Å². The summed E-state index contributed by atoms with van der Waals surface area (Å²) in [5.74, 6) is 0.909. The van der Waals surface area contributed by atoms with Crippen LogP contribution in [0.2, 0.25) is 0 Å². The molecule has 0 aromatic heterocycles. The van der Waals surface area contributed by atoms with Crippen molar-refractivity contribution in [3.05, 3.63) is 72.3 Å². The predicted octanol–water partition coefficient (Wildman–Crippen LogP) is 6.20. The first-order valence-electron chi connectivity index (χ1n) is 10.8. The van der Waals surface area contributed by atoms with E-state index in [4.69, 9.17) is 4.74 Å². The van der Waals surface area contributed by atoms with Gasteiger partial charge in [0.2, 0.25) is 0 Å². The lowest BCUT2D eigenvalue weighted by atomic mass is 10.2. The lowest BCUT2D eigenvalue weighted by Gasteiger charge is -2.13. The van der Waals surface area contributed by atoms with Crippen molar-refractivity contribution in [2.45, 2.75) is 44.4 Å². The Hall–Kier alpha value is -3.19. The zero-order chi connectivity index (χ0) is 23.0. The molecule has 3 rings (SSSR count). The van der Waals surface area contributed by atoms with Gasteiger partial charge in [0.15, 0.2) is 0 Å². The Kier molecular flexibility index (Phi) is 8.00. The van der Waals surface area contributed by atoms with E-state index in [1.807, 2.05) is 37.3 Å². The van der Waals surface area contributed by atoms with Gasteiger partial charge in [0.05, 0.1) is 11.5 Å². The fraction of sp³-hybridized carbons (Fsp3) is 0.280. The SMILES string of the molecule is CCCCCCOc1ccc(Nc2ccc(NS(=O)(=O)c3ccc(O)cc3)cc2)cc1C. The van der Waals surface area contributed by atoms with E-state index in [0.29, 0.717) is 5.69 Å². The molecular formula is C25H30N2O4S. The third kappa shape index (κ3) is 6.65. The number of benzene rings is 3. The molecule has 0 aliphatic heterocycles. The van der Waals surface area contributed by atoms with Crippen LogP contribution in [-0.4, -0.2) is 20.1 Å². The molecular weight excluding hydrogens is 424 g/mol. The third-order valence-corrected chi connectivity index (χ3v) is 6.40. The van der Waals surface area contributed by atoms with Crippen LogP contribution in [0.25, 0.3) is 0 Å². The summed E-state index contributed by atoms with van der Waals surface area (Å²) in [6.45, 7) is 4.95. The lowest BCUT2D eigenvalue weighted by molar-refractivity contribution is 0.303. The van der Waals surface area contributed by atoms with Gasteiger partial charge < -0.3 is 15.2 Å². The highest BCUT2D eigenvalue weighted by Crippen LogP contribution is 2.26. The molecule has 0 bridgehead atoms. The van der Waals surface area contributed by atoms with E-state index in [1.54, 1.807) is 12.1 Å². The number of aromatic hydroxyl groups is 1. The number of rotatable bonds is 11. The zero-order valence-electron chi connectivity index (χ0n) is 18.5. The normalized spacial score (nSPS) is 11.2. The minimum atomic E-state index is -3.72. The first-order valence-corrected chi connectivity index (χ1v) is 12.3. The quantitative estimate of drug-likeness (QED) is 0.300. The minimum Gasteiger partial charge on any atom is -0.508 e. The summed E-state index contributed by atoms with van der Waals surface area (Å²) in [4.78, 5) is 0.0839. The molecule has 0 atom stereocenters. The number of phenolic OH excluding ortho intramolecular Hbond substituents is 1. The van der Waals surface area contributed by atoms with Gasteiger partial charge in [-0.1, -0.05) is 26.2 Å². The van der Waals surface area contributed by atoms with E-state index in [0.717, 1.165) is 35.7 Å². The number of aryl methyl sites for hydroxylation is 1. The Balaban J connectivity index is 1.58. The summed E-state index contributed by atoms with van der Waals surface area (Å²) in [5, 5.41) is 12.7. The van der Waals surface area contributed by atoms with E-state index in [-0.39, 0.29) is 10.6 Å². The van der Waals surface area contributed by atoms with Gasteiger partial charge in [0.1, 0.15) is 11.5 Å². The number of unbranched alkanes of at least 4 members (excludes halogenated alkanes) is 3. The van der Waals surface area contributed by atoms with E-state index in [9.17, 15) is 13.5 Å². The molecule has 3 aromatic carbocycles. The highest BCUT2D eigenvalue weighted by molar-refractivity contribution is 7.92. The van der Waals surface area contributed by atoms with Gasteiger partial charge in [0.25, 0.3) is 10.0 Å². The summed E-state index contributed by atoms with van der Waals surface area (Å²) in [6.07, 6.45) is 4.71. The molecule has 0 saturated carbocycles. The van der Waals surface area contributed by atoms with Gasteiger partial charge in [-0.3, -0.25) is 4.72 Å². The van der Waals surface area contributed by atoms with Gasteiger partial charge in [-0.2, -0.15) is 0 Å². The van der Waals surface area contributed by atoms with Gasteiger partial charge in [-0.05, 0) is 85.6 Å². The van der Waals surface area contributed by atoms with Crippen molar-refractivity contribution in [2.75, 3.05) is 16.6 Å². The second kappa shape index (κ2) is 10.9. The second-order valence-electron chi connectivity index (χ2n) is 7.69. The smallest absolute Gasteiger partial charge is 0.261 e. The Morgan fingerprint density at radius 3 is 2.16 bits per heavy atom. The molecule has 0 radical (unpaired) electrons. The molecule has 7 heteroatoms. The van der Waals surface area contributed by atoms with Gasteiger partial charge >= 0.3 is 0 Å². The Morgan fingerprint density at radius 2 is 1.50 bits per heavy atom. The molecule has 170 valence electrons. The first-order chi connectivity index (χ1) is 15.4. The van der Waals surface area contributed by atoms with Gasteiger partial charge in [-0.15, -0.1) is 0 Å². The zero-order valence-corrected chi connectivity index (χ0v) is 19.3.